The van der Waals surface area contributed by atoms with Crippen LogP contribution in [0.1, 0.15) is 19.8 Å². The number of piperazine rings is 1. The van der Waals surface area contributed by atoms with Crippen molar-refractivity contribution in [2.24, 2.45) is 5.73 Å². The Morgan fingerprint density at radius 3 is 2.56 bits per heavy atom. The van der Waals surface area contributed by atoms with E-state index in [-0.39, 0.29) is 5.54 Å². The Morgan fingerprint density at radius 2 is 2.06 bits per heavy atom. The summed E-state index contributed by atoms with van der Waals surface area (Å²) in [5.41, 5.74) is 6.22. The predicted octanol–water partition coefficient (Wildman–Crippen LogP) is 0.129. The molecule has 2 rings (SSSR count). The number of hydrogen-bond acceptors (Lipinski definition) is 4. The average Bonchev–Trinajstić information content (AvgIpc) is 2.23. The first-order valence-corrected chi connectivity index (χ1v) is 6.29. The number of hydrogen-bond donors (Lipinski definition) is 1. The SMILES string of the molecule is COC1CC(CN)(N2CCN(C)C(C)C2)C1. The molecule has 4 nitrogen and oxygen atoms in total. The van der Waals surface area contributed by atoms with Gasteiger partial charge in [0.05, 0.1) is 6.10 Å². The quantitative estimate of drug-likeness (QED) is 0.744. The molecule has 1 saturated carbocycles. The minimum absolute atomic E-state index is 0.232. The standard InChI is InChI=1S/C12H25N3O/c1-10-8-15(5-4-14(10)2)12(9-13)6-11(7-12)16-3/h10-11H,4-9,13H2,1-3H3. The van der Waals surface area contributed by atoms with Gasteiger partial charge in [-0.25, -0.2) is 0 Å². The Morgan fingerprint density at radius 1 is 1.38 bits per heavy atom. The van der Waals surface area contributed by atoms with E-state index >= 15 is 0 Å². The topological polar surface area (TPSA) is 41.7 Å². The van der Waals surface area contributed by atoms with Gasteiger partial charge in [0.1, 0.15) is 0 Å². The Labute approximate surface area is 98.7 Å². The smallest absolute Gasteiger partial charge is 0.0607 e. The Kier molecular flexibility index (Phi) is 3.54. The fraction of sp³-hybridized carbons (Fsp3) is 1.00. The zero-order chi connectivity index (χ0) is 11.8. The van der Waals surface area contributed by atoms with Crippen molar-refractivity contribution >= 4 is 0 Å². The van der Waals surface area contributed by atoms with Crippen molar-refractivity contribution < 1.29 is 4.74 Å². The molecular weight excluding hydrogens is 202 g/mol. The van der Waals surface area contributed by atoms with Crippen LogP contribution in [0.25, 0.3) is 0 Å². The minimum atomic E-state index is 0.232. The molecule has 0 amide bonds. The lowest BCUT2D eigenvalue weighted by molar-refractivity contribution is -0.104. The molecule has 0 bridgehead atoms. The lowest BCUT2D eigenvalue weighted by Gasteiger charge is -2.56. The van der Waals surface area contributed by atoms with Crippen molar-refractivity contribution in [3.8, 4) is 0 Å². The Bertz CT molecular complexity index is 240. The predicted molar refractivity (Wildman–Crippen MR) is 65.5 cm³/mol. The average molecular weight is 227 g/mol. The van der Waals surface area contributed by atoms with Crippen LogP contribution >= 0.6 is 0 Å². The third-order valence-corrected chi connectivity index (χ3v) is 4.56. The van der Waals surface area contributed by atoms with Crippen LogP contribution in [-0.4, -0.2) is 67.8 Å². The van der Waals surface area contributed by atoms with E-state index in [4.69, 9.17) is 10.5 Å². The molecule has 1 unspecified atom stereocenters. The summed E-state index contributed by atoms with van der Waals surface area (Å²) >= 11 is 0. The van der Waals surface area contributed by atoms with E-state index in [9.17, 15) is 0 Å². The number of nitrogens with zero attached hydrogens (tertiary/aromatic N) is 2. The molecule has 0 radical (unpaired) electrons. The highest BCUT2D eigenvalue weighted by molar-refractivity contribution is 5.05. The fourth-order valence-electron chi connectivity index (χ4n) is 2.99. The molecule has 1 saturated heterocycles. The summed E-state index contributed by atoms with van der Waals surface area (Å²) in [5.74, 6) is 0. The maximum absolute atomic E-state index is 5.99. The van der Waals surface area contributed by atoms with Crippen molar-refractivity contribution in [1.82, 2.24) is 9.80 Å². The van der Waals surface area contributed by atoms with E-state index in [2.05, 4.69) is 23.8 Å². The molecule has 0 aromatic carbocycles. The molecule has 94 valence electrons. The van der Waals surface area contributed by atoms with Gasteiger partial charge in [-0.1, -0.05) is 0 Å². The van der Waals surface area contributed by atoms with E-state index < -0.39 is 0 Å². The summed E-state index contributed by atoms with van der Waals surface area (Å²) in [6.07, 6.45) is 2.64. The number of likely N-dealkylation sites (N-methyl/N-ethyl adjacent to an activating group) is 1. The van der Waals surface area contributed by atoms with Crippen LogP contribution in [0.2, 0.25) is 0 Å². The lowest BCUT2D eigenvalue weighted by atomic mass is 9.72. The molecule has 0 aromatic rings. The first-order chi connectivity index (χ1) is 7.61. The maximum atomic E-state index is 5.99. The van der Waals surface area contributed by atoms with Crippen molar-refractivity contribution in [2.75, 3.05) is 40.3 Å². The highest BCUT2D eigenvalue weighted by Crippen LogP contribution is 2.39. The summed E-state index contributed by atoms with van der Waals surface area (Å²) < 4.78 is 5.39. The van der Waals surface area contributed by atoms with E-state index in [0.29, 0.717) is 12.1 Å². The van der Waals surface area contributed by atoms with Crippen molar-refractivity contribution in [3.05, 3.63) is 0 Å². The van der Waals surface area contributed by atoms with Crippen LogP contribution in [0.3, 0.4) is 0 Å². The zero-order valence-electron chi connectivity index (χ0n) is 10.8. The third-order valence-electron chi connectivity index (χ3n) is 4.56. The van der Waals surface area contributed by atoms with E-state index in [1.807, 2.05) is 0 Å². The fourth-order valence-corrected chi connectivity index (χ4v) is 2.99. The summed E-state index contributed by atoms with van der Waals surface area (Å²) in [7, 11) is 4.01. The van der Waals surface area contributed by atoms with Crippen LogP contribution < -0.4 is 5.73 Å². The number of nitrogens with two attached hydrogens (primary N) is 1. The van der Waals surface area contributed by atoms with Crippen LogP contribution in [0.5, 0.6) is 0 Å². The molecule has 0 aromatic heterocycles. The van der Waals surface area contributed by atoms with Crippen molar-refractivity contribution in [1.29, 1.82) is 0 Å². The molecule has 2 N–H and O–H groups in total. The second-order valence-electron chi connectivity index (χ2n) is 5.47. The largest absolute Gasteiger partial charge is 0.381 e. The van der Waals surface area contributed by atoms with Gasteiger partial charge in [-0.2, -0.15) is 0 Å². The second-order valence-corrected chi connectivity index (χ2v) is 5.47. The zero-order valence-corrected chi connectivity index (χ0v) is 10.8. The third kappa shape index (κ3) is 1.99. The number of methoxy groups -OCH3 is 1. The van der Waals surface area contributed by atoms with Gasteiger partial charge in [0.15, 0.2) is 0 Å². The monoisotopic (exact) mass is 227 g/mol. The molecule has 0 spiro atoms. The van der Waals surface area contributed by atoms with Gasteiger partial charge in [0.2, 0.25) is 0 Å². The highest BCUT2D eigenvalue weighted by atomic mass is 16.5. The highest BCUT2D eigenvalue weighted by Gasteiger charge is 2.48. The summed E-state index contributed by atoms with van der Waals surface area (Å²) in [6, 6.07) is 0.638. The molecule has 1 aliphatic carbocycles. The number of ether oxygens (including phenoxy) is 1. The summed E-state index contributed by atoms with van der Waals surface area (Å²) in [4.78, 5) is 5.01. The molecular formula is C12H25N3O. The van der Waals surface area contributed by atoms with Gasteiger partial charge in [-0.05, 0) is 26.8 Å². The van der Waals surface area contributed by atoms with Crippen LogP contribution in [0, 0.1) is 0 Å². The minimum Gasteiger partial charge on any atom is -0.381 e. The molecule has 16 heavy (non-hydrogen) atoms. The van der Waals surface area contributed by atoms with Gasteiger partial charge >= 0.3 is 0 Å². The molecule has 2 fully saturated rings. The summed E-state index contributed by atoms with van der Waals surface area (Å²) in [6.45, 7) is 6.51. The second kappa shape index (κ2) is 4.61. The van der Waals surface area contributed by atoms with Gasteiger partial charge in [-0.3, -0.25) is 4.90 Å². The van der Waals surface area contributed by atoms with Crippen molar-refractivity contribution in [2.45, 2.75) is 37.5 Å². The van der Waals surface area contributed by atoms with Gasteiger partial charge in [0, 0.05) is 44.9 Å². The molecule has 2 aliphatic rings. The summed E-state index contributed by atoms with van der Waals surface area (Å²) in [5, 5.41) is 0. The van der Waals surface area contributed by atoms with Crippen LogP contribution in [0.15, 0.2) is 0 Å². The molecule has 1 atom stereocenters. The maximum Gasteiger partial charge on any atom is 0.0607 e. The van der Waals surface area contributed by atoms with E-state index in [1.54, 1.807) is 7.11 Å². The van der Waals surface area contributed by atoms with E-state index in [1.165, 1.54) is 0 Å². The Balaban J connectivity index is 1.96. The normalized spacial score (nSPS) is 42.0. The first-order valence-electron chi connectivity index (χ1n) is 6.29. The van der Waals surface area contributed by atoms with Crippen molar-refractivity contribution in [3.63, 3.8) is 0 Å². The van der Waals surface area contributed by atoms with Gasteiger partial charge < -0.3 is 15.4 Å². The van der Waals surface area contributed by atoms with Gasteiger partial charge in [0.25, 0.3) is 0 Å². The Hall–Kier alpha value is -0.160. The molecule has 1 aliphatic heterocycles. The molecule has 4 heteroatoms. The van der Waals surface area contributed by atoms with E-state index in [0.717, 1.165) is 39.0 Å². The van der Waals surface area contributed by atoms with Crippen LogP contribution in [0.4, 0.5) is 0 Å². The number of rotatable bonds is 3. The lowest BCUT2D eigenvalue weighted by Crippen LogP contribution is -2.68. The first kappa shape index (κ1) is 12.3. The van der Waals surface area contributed by atoms with Gasteiger partial charge in [-0.15, -0.1) is 0 Å². The molecule has 1 heterocycles. The van der Waals surface area contributed by atoms with Crippen LogP contribution in [-0.2, 0) is 4.74 Å².